The van der Waals surface area contributed by atoms with Gasteiger partial charge in [-0.1, -0.05) is 60.8 Å². The van der Waals surface area contributed by atoms with Gasteiger partial charge in [0.2, 0.25) is 0 Å². The zero-order chi connectivity index (χ0) is 32.1. The first-order valence-corrected chi connectivity index (χ1v) is 18.0. The molecule has 4 saturated carbocycles. The fourth-order valence-electron chi connectivity index (χ4n) is 11.7. The molecule has 2 N–H and O–H groups in total. The summed E-state index contributed by atoms with van der Waals surface area (Å²) in [6.07, 6.45) is 14.2. The average molecular weight is 605 g/mol. The molecule has 0 spiro atoms. The van der Waals surface area contributed by atoms with Crippen LogP contribution in [0.4, 0.5) is 0 Å². The molecule has 43 heavy (non-hydrogen) atoms. The minimum absolute atomic E-state index is 0.00425. The van der Waals surface area contributed by atoms with E-state index in [9.17, 15) is 15.0 Å². The Bertz CT molecular complexity index is 971. The first-order valence-electron chi connectivity index (χ1n) is 18.0. The van der Waals surface area contributed by atoms with Crippen molar-refractivity contribution in [3.05, 3.63) is 0 Å². The van der Waals surface area contributed by atoms with E-state index in [1.807, 2.05) is 6.92 Å². The second-order valence-corrected chi connectivity index (χ2v) is 17.8. The van der Waals surface area contributed by atoms with Crippen LogP contribution in [0.15, 0.2) is 0 Å². The van der Waals surface area contributed by atoms with E-state index in [0.717, 1.165) is 77.0 Å². The monoisotopic (exact) mass is 605 g/mol. The van der Waals surface area contributed by atoms with Gasteiger partial charge in [0.25, 0.3) is 0 Å². The van der Waals surface area contributed by atoms with Crippen LogP contribution < -0.4 is 0 Å². The third-order valence-electron chi connectivity index (χ3n) is 14.6. The number of rotatable bonds is 12. The van der Waals surface area contributed by atoms with Crippen LogP contribution in [0.3, 0.4) is 0 Å². The maximum atomic E-state index is 12.9. The molecule has 0 bridgehead atoms. The van der Waals surface area contributed by atoms with Crippen molar-refractivity contribution in [1.82, 2.24) is 0 Å². The molecule has 0 aromatic rings. The lowest BCUT2D eigenvalue weighted by Crippen LogP contribution is -2.66. The van der Waals surface area contributed by atoms with Crippen molar-refractivity contribution in [2.45, 2.75) is 182 Å². The van der Waals surface area contributed by atoms with E-state index in [-0.39, 0.29) is 51.2 Å². The van der Waals surface area contributed by atoms with Crippen molar-refractivity contribution in [2.75, 3.05) is 7.11 Å². The highest BCUT2D eigenvalue weighted by atomic mass is 16.5. The number of carbonyl (C=O) groups excluding carboxylic acids is 1. The Morgan fingerprint density at radius 3 is 2.19 bits per heavy atom. The van der Waals surface area contributed by atoms with Crippen molar-refractivity contribution < 1.29 is 24.5 Å². The molecule has 4 aliphatic carbocycles. The molecule has 0 aliphatic heterocycles. The van der Waals surface area contributed by atoms with Crippen LogP contribution in [-0.2, 0) is 14.3 Å². The zero-order valence-electron chi connectivity index (χ0n) is 29.7. The highest BCUT2D eigenvalue weighted by Gasteiger charge is 2.71. The third-order valence-corrected chi connectivity index (χ3v) is 14.6. The Balaban J connectivity index is 1.51. The normalized spacial score (nSPS) is 42.0. The van der Waals surface area contributed by atoms with Gasteiger partial charge in [0.1, 0.15) is 6.10 Å². The molecule has 0 radical (unpaired) electrons. The number of carbonyl (C=O) groups is 1. The molecule has 4 rings (SSSR count). The van der Waals surface area contributed by atoms with Crippen LogP contribution >= 0.6 is 0 Å². The molecule has 0 heterocycles. The van der Waals surface area contributed by atoms with E-state index in [0.29, 0.717) is 18.3 Å². The lowest BCUT2D eigenvalue weighted by molar-refractivity contribution is -0.249. The van der Waals surface area contributed by atoms with Crippen LogP contribution in [0.5, 0.6) is 0 Å². The van der Waals surface area contributed by atoms with E-state index in [1.165, 1.54) is 12.8 Å². The minimum atomic E-state index is -0.794. The Morgan fingerprint density at radius 2 is 1.53 bits per heavy atom. The van der Waals surface area contributed by atoms with Crippen molar-refractivity contribution in [1.29, 1.82) is 0 Å². The summed E-state index contributed by atoms with van der Waals surface area (Å²) < 4.78 is 11.9. The summed E-state index contributed by atoms with van der Waals surface area (Å²) in [5.41, 5.74) is -0.855. The van der Waals surface area contributed by atoms with Gasteiger partial charge in [-0.25, -0.2) is 0 Å². The molecule has 0 amide bonds. The van der Waals surface area contributed by atoms with Gasteiger partial charge in [-0.3, -0.25) is 4.79 Å². The number of ether oxygens (including phenoxy) is 2. The molecule has 4 fully saturated rings. The molecule has 250 valence electrons. The largest absolute Gasteiger partial charge is 0.462 e. The van der Waals surface area contributed by atoms with Gasteiger partial charge in [0, 0.05) is 18.9 Å². The summed E-state index contributed by atoms with van der Waals surface area (Å²) in [6.45, 7) is 20.7. The van der Waals surface area contributed by atoms with Crippen molar-refractivity contribution in [3.63, 3.8) is 0 Å². The van der Waals surface area contributed by atoms with Crippen molar-refractivity contribution in [2.24, 2.45) is 45.3 Å². The van der Waals surface area contributed by atoms with Gasteiger partial charge in [-0.2, -0.15) is 0 Å². The number of aliphatic hydroxyl groups excluding tert-OH is 1. The van der Waals surface area contributed by atoms with E-state index < -0.39 is 11.7 Å². The predicted octanol–water partition coefficient (Wildman–Crippen LogP) is 8.87. The summed E-state index contributed by atoms with van der Waals surface area (Å²) in [5.74, 6) is 1.10. The maximum absolute atomic E-state index is 12.9. The Morgan fingerprint density at radius 1 is 0.860 bits per heavy atom. The summed E-state index contributed by atoms with van der Waals surface area (Å²) in [4.78, 5) is 12.9. The molecular weight excluding hydrogens is 536 g/mol. The summed E-state index contributed by atoms with van der Waals surface area (Å²) >= 11 is 0. The molecule has 5 nitrogen and oxygen atoms in total. The molecule has 0 saturated heterocycles. The van der Waals surface area contributed by atoms with Gasteiger partial charge in [0.05, 0.1) is 17.3 Å². The SMILES string of the molecule is CCCCCCC(=O)O[C@H]1CC[C@]2(C)[C@H]3C[C@@H](O)[C@@H]4[C@@H]([C@](C)(O)CCCC(C)(C)OC)CC[C@@]4(C)[C@]3(C)CC[C@H]2C1(C)C. The van der Waals surface area contributed by atoms with E-state index in [4.69, 9.17) is 9.47 Å². The van der Waals surface area contributed by atoms with Crippen molar-refractivity contribution in [3.8, 4) is 0 Å². The molecule has 4 aliphatic rings. The Hall–Kier alpha value is -0.650. The number of fused-ring (bicyclic) bond motifs is 5. The van der Waals surface area contributed by atoms with Gasteiger partial charge in [-0.05, 0) is 131 Å². The van der Waals surface area contributed by atoms with Gasteiger partial charge in [0.15, 0.2) is 0 Å². The molecule has 0 aromatic heterocycles. The van der Waals surface area contributed by atoms with Gasteiger partial charge < -0.3 is 19.7 Å². The third kappa shape index (κ3) is 6.23. The lowest BCUT2D eigenvalue weighted by Gasteiger charge is -2.70. The zero-order valence-corrected chi connectivity index (χ0v) is 29.7. The molecule has 0 unspecified atom stereocenters. The topological polar surface area (TPSA) is 76.0 Å². The Labute approximate surface area is 264 Å². The highest BCUT2D eigenvalue weighted by molar-refractivity contribution is 5.69. The number of hydrogen-bond acceptors (Lipinski definition) is 5. The molecule has 5 heteroatoms. The first-order chi connectivity index (χ1) is 19.9. The highest BCUT2D eigenvalue weighted by Crippen LogP contribution is 2.76. The quantitative estimate of drug-likeness (QED) is 0.172. The standard InChI is InChI=1S/C38H68O5/c1-11-12-13-14-16-31(40)43-30-19-22-35(6)28(34(30,4)5)18-24-36(7)29(35)25-27(39)32-26(17-23-37(32,36)8)38(9,41)21-15-20-33(2,3)42-10/h26-30,32,39,41H,11-25H2,1-10H3/t26-,27+,28-,29+,30-,32-,35-,36+,37+,38+/m0/s1. The van der Waals surface area contributed by atoms with E-state index in [1.54, 1.807) is 7.11 Å². The summed E-state index contributed by atoms with van der Waals surface area (Å²) in [7, 11) is 1.76. The molecular formula is C38H68O5. The number of hydrogen-bond donors (Lipinski definition) is 2. The van der Waals surface area contributed by atoms with Crippen LogP contribution in [0.2, 0.25) is 0 Å². The molecule has 10 atom stereocenters. The van der Waals surface area contributed by atoms with Crippen LogP contribution in [0.1, 0.15) is 159 Å². The summed E-state index contributed by atoms with van der Waals surface area (Å²) in [6, 6.07) is 0. The fraction of sp³-hybridized carbons (Fsp3) is 0.974. The maximum Gasteiger partial charge on any atom is 0.306 e. The smallest absolute Gasteiger partial charge is 0.306 e. The predicted molar refractivity (Wildman–Crippen MR) is 175 cm³/mol. The van der Waals surface area contributed by atoms with Crippen LogP contribution in [-0.4, -0.2) is 46.7 Å². The number of unbranched alkanes of at least 4 members (excludes halogenated alkanes) is 3. The van der Waals surface area contributed by atoms with E-state index in [2.05, 4.69) is 55.4 Å². The second-order valence-electron chi connectivity index (χ2n) is 17.8. The van der Waals surface area contributed by atoms with Gasteiger partial charge >= 0.3 is 5.97 Å². The van der Waals surface area contributed by atoms with Crippen molar-refractivity contribution >= 4 is 5.97 Å². The number of methoxy groups -OCH3 is 1. The van der Waals surface area contributed by atoms with Gasteiger partial charge in [-0.15, -0.1) is 0 Å². The van der Waals surface area contributed by atoms with Crippen LogP contribution in [0, 0.1) is 45.3 Å². The Kier molecular flexibility index (Phi) is 10.2. The lowest BCUT2D eigenvalue weighted by atomic mass is 9.35. The number of aliphatic hydroxyl groups is 2. The van der Waals surface area contributed by atoms with Crippen LogP contribution in [0.25, 0.3) is 0 Å². The first kappa shape index (κ1) is 35.2. The summed E-state index contributed by atoms with van der Waals surface area (Å²) in [5, 5.41) is 24.0. The van der Waals surface area contributed by atoms with E-state index >= 15 is 0 Å². The second kappa shape index (κ2) is 12.5. The minimum Gasteiger partial charge on any atom is -0.462 e. The molecule has 0 aromatic carbocycles. The average Bonchev–Trinajstić information content (AvgIpc) is 3.30. The number of esters is 1. The fourth-order valence-corrected chi connectivity index (χ4v) is 11.7.